The summed E-state index contributed by atoms with van der Waals surface area (Å²) in [5, 5.41) is 5.02. The SMILES string of the molecule is CCc1nc2nc(C)nn2c(Cl)c1CCC(C)CC(C)(C)C. The number of aryl methyl sites for hydroxylation is 2. The third-order valence-corrected chi connectivity index (χ3v) is 4.29. The number of halogens is 1. The Morgan fingerprint density at radius 3 is 2.50 bits per heavy atom. The van der Waals surface area contributed by atoms with E-state index in [1.165, 1.54) is 6.42 Å². The molecule has 1 atom stereocenters. The van der Waals surface area contributed by atoms with Crippen molar-refractivity contribution in [2.24, 2.45) is 11.3 Å². The van der Waals surface area contributed by atoms with Gasteiger partial charge in [-0.3, -0.25) is 0 Å². The standard InChI is InChI=1S/C17H27ClN4/c1-7-14-13(9-8-11(2)10-17(4,5)6)15(18)22-16(20-14)19-12(3)21-22/h11H,7-10H2,1-6H3. The molecule has 0 amide bonds. The van der Waals surface area contributed by atoms with Gasteiger partial charge in [0.25, 0.3) is 5.78 Å². The van der Waals surface area contributed by atoms with E-state index in [-0.39, 0.29) is 0 Å². The van der Waals surface area contributed by atoms with Gasteiger partial charge in [-0.25, -0.2) is 4.98 Å². The Morgan fingerprint density at radius 2 is 1.91 bits per heavy atom. The fraction of sp³-hybridized carbons (Fsp3) is 0.706. The summed E-state index contributed by atoms with van der Waals surface area (Å²) < 4.78 is 1.67. The molecule has 0 bridgehead atoms. The van der Waals surface area contributed by atoms with Crippen LogP contribution < -0.4 is 0 Å². The second-order valence-electron chi connectivity index (χ2n) is 7.46. The van der Waals surface area contributed by atoms with Gasteiger partial charge < -0.3 is 0 Å². The maximum absolute atomic E-state index is 6.58. The van der Waals surface area contributed by atoms with Crippen LogP contribution in [0.2, 0.25) is 5.15 Å². The summed E-state index contributed by atoms with van der Waals surface area (Å²) in [6.45, 7) is 13.2. The number of nitrogens with zero attached hydrogens (tertiary/aromatic N) is 4. The van der Waals surface area contributed by atoms with Gasteiger partial charge in [0.05, 0.1) is 5.69 Å². The molecule has 0 aliphatic rings. The van der Waals surface area contributed by atoms with E-state index in [0.717, 1.165) is 30.5 Å². The first-order valence-electron chi connectivity index (χ1n) is 8.12. The van der Waals surface area contributed by atoms with Crippen LogP contribution in [0.15, 0.2) is 0 Å². The lowest BCUT2D eigenvalue weighted by Crippen LogP contribution is -2.13. The van der Waals surface area contributed by atoms with Crippen LogP contribution in [0.5, 0.6) is 0 Å². The average molecular weight is 323 g/mol. The van der Waals surface area contributed by atoms with Crippen molar-refractivity contribution in [3.05, 3.63) is 22.2 Å². The number of rotatable bonds is 5. The van der Waals surface area contributed by atoms with Crippen LogP contribution in [0.3, 0.4) is 0 Å². The number of fused-ring (bicyclic) bond motifs is 1. The van der Waals surface area contributed by atoms with Gasteiger partial charge >= 0.3 is 0 Å². The molecule has 1 unspecified atom stereocenters. The highest BCUT2D eigenvalue weighted by Crippen LogP contribution is 2.29. The monoisotopic (exact) mass is 322 g/mol. The molecule has 0 radical (unpaired) electrons. The third kappa shape index (κ3) is 3.97. The van der Waals surface area contributed by atoms with Crippen LogP contribution in [-0.4, -0.2) is 19.6 Å². The smallest absolute Gasteiger partial charge is 0.216 e. The van der Waals surface area contributed by atoms with Crippen molar-refractivity contribution < 1.29 is 0 Å². The zero-order chi connectivity index (χ0) is 16.5. The lowest BCUT2D eigenvalue weighted by molar-refractivity contribution is 0.297. The Kier molecular flexibility index (Phi) is 5.10. The molecule has 0 saturated heterocycles. The molecular formula is C17H27ClN4. The maximum atomic E-state index is 6.58. The van der Waals surface area contributed by atoms with Crippen LogP contribution in [0.4, 0.5) is 0 Å². The molecule has 0 aliphatic carbocycles. The molecule has 22 heavy (non-hydrogen) atoms. The van der Waals surface area contributed by atoms with E-state index in [4.69, 9.17) is 11.6 Å². The molecule has 0 aromatic carbocycles. The molecule has 0 saturated carbocycles. The molecule has 2 heterocycles. The van der Waals surface area contributed by atoms with E-state index in [0.29, 0.717) is 28.1 Å². The summed E-state index contributed by atoms with van der Waals surface area (Å²) in [5.74, 6) is 1.97. The Balaban J connectivity index is 2.24. The van der Waals surface area contributed by atoms with Gasteiger partial charge in [-0.05, 0) is 43.9 Å². The van der Waals surface area contributed by atoms with E-state index in [1.807, 2.05) is 6.92 Å². The molecule has 0 aliphatic heterocycles. The average Bonchev–Trinajstić information content (AvgIpc) is 2.76. The summed E-state index contributed by atoms with van der Waals surface area (Å²) >= 11 is 6.58. The van der Waals surface area contributed by atoms with E-state index in [9.17, 15) is 0 Å². The van der Waals surface area contributed by atoms with Crippen molar-refractivity contribution in [2.75, 3.05) is 0 Å². The van der Waals surface area contributed by atoms with E-state index in [1.54, 1.807) is 4.52 Å². The van der Waals surface area contributed by atoms with Crippen LogP contribution >= 0.6 is 11.6 Å². The molecule has 2 aromatic rings. The Labute approximate surface area is 138 Å². The minimum Gasteiger partial charge on any atom is -0.216 e. The lowest BCUT2D eigenvalue weighted by Gasteiger charge is -2.23. The van der Waals surface area contributed by atoms with Gasteiger partial charge in [-0.15, -0.1) is 5.10 Å². The van der Waals surface area contributed by atoms with Gasteiger partial charge in [-0.2, -0.15) is 9.50 Å². The normalized spacial score (nSPS) is 13.8. The van der Waals surface area contributed by atoms with E-state index < -0.39 is 0 Å². The van der Waals surface area contributed by atoms with Crippen molar-refractivity contribution in [3.63, 3.8) is 0 Å². The lowest BCUT2D eigenvalue weighted by atomic mass is 9.83. The summed E-state index contributed by atoms with van der Waals surface area (Å²) in [4.78, 5) is 8.96. The minimum absolute atomic E-state index is 0.363. The van der Waals surface area contributed by atoms with Crippen molar-refractivity contribution in [1.82, 2.24) is 19.6 Å². The zero-order valence-corrected chi connectivity index (χ0v) is 15.3. The molecule has 2 aromatic heterocycles. The molecule has 0 fully saturated rings. The van der Waals surface area contributed by atoms with E-state index in [2.05, 4.69) is 49.7 Å². The topological polar surface area (TPSA) is 43.1 Å². The van der Waals surface area contributed by atoms with Crippen molar-refractivity contribution in [3.8, 4) is 0 Å². The zero-order valence-electron chi connectivity index (χ0n) is 14.6. The fourth-order valence-corrected chi connectivity index (χ4v) is 3.44. The number of aromatic nitrogens is 4. The first kappa shape index (κ1) is 17.2. The maximum Gasteiger partial charge on any atom is 0.254 e. The highest BCUT2D eigenvalue weighted by molar-refractivity contribution is 6.30. The summed E-state index contributed by atoms with van der Waals surface area (Å²) in [6, 6.07) is 0. The number of hydrogen-bond donors (Lipinski definition) is 0. The Morgan fingerprint density at radius 1 is 1.23 bits per heavy atom. The van der Waals surface area contributed by atoms with Crippen LogP contribution in [0.25, 0.3) is 5.78 Å². The van der Waals surface area contributed by atoms with Crippen LogP contribution in [0.1, 0.15) is 64.5 Å². The first-order valence-corrected chi connectivity index (χ1v) is 8.49. The van der Waals surface area contributed by atoms with Gasteiger partial charge in [0.15, 0.2) is 0 Å². The first-order chi connectivity index (χ1) is 10.2. The Hall–Kier alpha value is -1.16. The summed E-state index contributed by atoms with van der Waals surface area (Å²) in [6.07, 6.45) is 4.14. The molecule has 4 nitrogen and oxygen atoms in total. The largest absolute Gasteiger partial charge is 0.254 e. The second kappa shape index (κ2) is 6.53. The quantitative estimate of drug-likeness (QED) is 0.752. The Bertz CT molecular complexity index is 655. The molecule has 5 heteroatoms. The predicted molar refractivity (Wildman–Crippen MR) is 91.5 cm³/mol. The number of hydrogen-bond acceptors (Lipinski definition) is 3. The summed E-state index contributed by atoms with van der Waals surface area (Å²) in [7, 11) is 0. The molecule has 2 rings (SSSR count). The minimum atomic E-state index is 0.363. The molecule has 0 N–H and O–H groups in total. The fourth-order valence-electron chi connectivity index (χ4n) is 3.12. The molecule has 122 valence electrons. The molecule has 0 spiro atoms. The van der Waals surface area contributed by atoms with Gasteiger partial charge in [-0.1, -0.05) is 46.2 Å². The highest BCUT2D eigenvalue weighted by Gasteiger charge is 2.19. The van der Waals surface area contributed by atoms with E-state index >= 15 is 0 Å². The third-order valence-electron chi connectivity index (χ3n) is 3.90. The highest BCUT2D eigenvalue weighted by atomic mass is 35.5. The molecular weight excluding hydrogens is 296 g/mol. The van der Waals surface area contributed by atoms with Crippen molar-refractivity contribution in [1.29, 1.82) is 0 Å². The van der Waals surface area contributed by atoms with Gasteiger partial charge in [0, 0.05) is 5.56 Å². The van der Waals surface area contributed by atoms with Crippen molar-refractivity contribution >= 4 is 17.4 Å². The predicted octanol–water partition coefficient (Wildman–Crippen LogP) is 4.65. The van der Waals surface area contributed by atoms with Crippen molar-refractivity contribution in [2.45, 2.75) is 67.2 Å². The van der Waals surface area contributed by atoms with Gasteiger partial charge in [0.2, 0.25) is 0 Å². The summed E-state index contributed by atoms with van der Waals surface area (Å²) in [5.41, 5.74) is 2.54. The van der Waals surface area contributed by atoms with Crippen LogP contribution in [-0.2, 0) is 12.8 Å². The van der Waals surface area contributed by atoms with Gasteiger partial charge in [0.1, 0.15) is 11.0 Å². The second-order valence-corrected chi connectivity index (χ2v) is 7.82. The van der Waals surface area contributed by atoms with Crippen LogP contribution in [0, 0.1) is 18.3 Å².